The summed E-state index contributed by atoms with van der Waals surface area (Å²) in [6.07, 6.45) is -3.66. The first-order chi connectivity index (χ1) is 7.74. The standard InChI is InChI=1S/C8H10F3N3O2S/c9-8(10,11)7-2-1-6(3-13-7)4-17(15,16)14-5-12/h1-3,14H,4-5,12H2. The molecule has 0 aliphatic rings. The van der Waals surface area contributed by atoms with E-state index in [-0.39, 0.29) is 12.2 Å². The van der Waals surface area contributed by atoms with Crippen molar-refractivity contribution in [2.45, 2.75) is 11.9 Å². The summed E-state index contributed by atoms with van der Waals surface area (Å²) in [5.74, 6) is -0.463. The number of hydrogen-bond donors (Lipinski definition) is 2. The average molecular weight is 269 g/mol. The van der Waals surface area contributed by atoms with Gasteiger partial charge in [-0.2, -0.15) is 13.2 Å². The number of nitrogens with zero attached hydrogens (tertiary/aromatic N) is 1. The summed E-state index contributed by atoms with van der Waals surface area (Å²) in [5.41, 5.74) is 4.08. The molecule has 0 fully saturated rings. The first-order valence-corrected chi connectivity index (χ1v) is 6.09. The zero-order valence-electron chi connectivity index (χ0n) is 8.53. The SMILES string of the molecule is NCNS(=O)(=O)Cc1ccc(C(F)(F)F)nc1. The number of halogens is 3. The van der Waals surface area contributed by atoms with Gasteiger partial charge in [-0.1, -0.05) is 6.07 Å². The van der Waals surface area contributed by atoms with Crippen molar-refractivity contribution in [1.82, 2.24) is 9.71 Å². The molecule has 0 aliphatic carbocycles. The van der Waals surface area contributed by atoms with E-state index in [2.05, 4.69) is 4.98 Å². The maximum atomic E-state index is 12.2. The van der Waals surface area contributed by atoms with Gasteiger partial charge in [-0.3, -0.25) is 4.98 Å². The van der Waals surface area contributed by atoms with Crippen molar-refractivity contribution >= 4 is 10.0 Å². The first-order valence-electron chi connectivity index (χ1n) is 4.44. The number of sulfonamides is 1. The molecule has 9 heteroatoms. The summed E-state index contributed by atoms with van der Waals surface area (Å²) in [6.45, 7) is -0.267. The first kappa shape index (κ1) is 13.9. The molecule has 0 saturated heterocycles. The molecule has 3 N–H and O–H groups in total. The molecular weight excluding hydrogens is 259 g/mol. The van der Waals surface area contributed by atoms with Gasteiger partial charge < -0.3 is 5.73 Å². The second kappa shape index (κ2) is 4.98. The van der Waals surface area contributed by atoms with Crippen molar-refractivity contribution in [3.8, 4) is 0 Å². The maximum Gasteiger partial charge on any atom is 0.433 e. The van der Waals surface area contributed by atoms with E-state index < -0.39 is 27.6 Å². The fraction of sp³-hybridized carbons (Fsp3) is 0.375. The van der Waals surface area contributed by atoms with Crippen LogP contribution >= 0.6 is 0 Å². The Balaban J connectivity index is 2.83. The number of nitrogens with two attached hydrogens (primary N) is 1. The van der Waals surface area contributed by atoms with Crippen LogP contribution in [0.4, 0.5) is 13.2 Å². The molecule has 0 amide bonds. The molecule has 0 atom stereocenters. The Kier molecular flexibility index (Phi) is 4.07. The fourth-order valence-corrected chi connectivity index (χ4v) is 2.04. The molecule has 0 spiro atoms. The van der Waals surface area contributed by atoms with Gasteiger partial charge in [-0.05, 0) is 11.6 Å². The van der Waals surface area contributed by atoms with Crippen molar-refractivity contribution in [3.63, 3.8) is 0 Å². The number of hydrogen-bond acceptors (Lipinski definition) is 4. The Bertz CT molecular complexity index is 470. The molecule has 17 heavy (non-hydrogen) atoms. The lowest BCUT2D eigenvalue weighted by molar-refractivity contribution is -0.141. The Morgan fingerprint density at radius 3 is 2.41 bits per heavy atom. The molecule has 1 heterocycles. The molecule has 0 unspecified atom stereocenters. The largest absolute Gasteiger partial charge is 0.433 e. The Hall–Kier alpha value is -1.19. The van der Waals surface area contributed by atoms with Crippen molar-refractivity contribution in [2.75, 3.05) is 6.67 Å². The van der Waals surface area contributed by atoms with Gasteiger partial charge in [-0.25, -0.2) is 13.1 Å². The maximum absolute atomic E-state index is 12.2. The number of pyridine rings is 1. The third-order valence-corrected chi connectivity index (χ3v) is 3.09. The number of alkyl halides is 3. The highest BCUT2D eigenvalue weighted by Crippen LogP contribution is 2.27. The van der Waals surface area contributed by atoms with Crippen molar-refractivity contribution in [2.24, 2.45) is 5.73 Å². The fourth-order valence-electron chi connectivity index (χ4n) is 1.07. The van der Waals surface area contributed by atoms with E-state index >= 15 is 0 Å². The van der Waals surface area contributed by atoms with Crippen LogP contribution in [-0.4, -0.2) is 20.1 Å². The summed E-state index contributed by atoms with van der Waals surface area (Å²) in [4.78, 5) is 3.15. The van der Waals surface area contributed by atoms with Crippen LogP contribution < -0.4 is 10.5 Å². The highest BCUT2D eigenvalue weighted by Gasteiger charge is 2.32. The van der Waals surface area contributed by atoms with E-state index in [1.165, 1.54) is 0 Å². The van der Waals surface area contributed by atoms with E-state index in [4.69, 9.17) is 5.73 Å². The summed E-state index contributed by atoms with van der Waals surface area (Å²) >= 11 is 0. The van der Waals surface area contributed by atoms with E-state index in [1.807, 2.05) is 4.72 Å². The summed E-state index contributed by atoms with van der Waals surface area (Å²) < 4.78 is 61.0. The lowest BCUT2D eigenvalue weighted by atomic mass is 10.3. The van der Waals surface area contributed by atoms with Crippen molar-refractivity contribution in [1.29, 1.82) is 0 Å². The summed E-state index contributed by atoms with van der Waals surface area (Å²) in [5, 5.41) is 0. The van der Waals surface area contributed by atoms with Crippen molar-refractivity contribution in [3.05, 3.63) is 29.6 Å². The minimum atomic E-state index is -4.53. The monoisotopic (exact) mass is 269 g/mol. The van der Waals surface area contributed by atoms with Gasteiger partial charge in [0.2, 0.25) is 10.0 Å². The molecule has 0 saturated carbocycles. The van der Waals surface area contributed by atoms with Crippen LogP contribution in [0.2, 0.25) is 0 Å². The lowest BCUT2D eigenvalue weighted by Gasteiger charge is -2.07. The zero-order chi connectivity index (χ0) is 13.1. The second-order valence-corrected chi connectivity index (χ2v) is 4.96. The molecule has 96 valence electrons. The van der Waals surface area contributed by atoms with Crippen LogP contribution in [0.1, 0.15) is 11.3 Å². The predicted octanol–water partition coefficient (Wildman–Crippen LogP) is 0.436. The van der Waals surface area contributed by atoms with Gasteiger partial charge in [0.1, 0.15) is 5.69 Å². The predicted molar refractivity (Wildman–Crippen MR) is 54.1 cm³/mol. The zero-order valence-corrected chi connectivity index (χ0v) is 9.35. The highest BCUT2D eigenvalue weighted by molar-refractivity contribution is 7.88. The minimum Gasteiger partial charge on any atom is -0.318 e. The van der Waals surface area contributed by atoms with E-state index in [0.29, 0.717) is 0 Å². The lowest BCUT2D eigenvalue weighted by Crippen LogP contribution is -2.30. The Morgan fingerprint density at radius 1 is 1.35 bits per heavy atom. The number of aromatic nitrogens is 1. The van der Waals surface area contributed by atoms with Crippen molar-refractivity contribution < 1.29 is 21.6 Å². The third kappa shape index (κ3) is 4.29. The van der Waals surface area contributed by atoms with E-state index in [9.17, 15) is 21.6 Å². The van der Waals surface area contributed by atoms with Crippen LogP contribution in [0.3, 0.4) is 0 Å². The van der Waals surface area contributed by atoms with Gasteiger partial charge in [-0.15, -0.1) is 0 Å². The highest BCUT2D eigenvalue weighted by atomic mass is 32.2. The second-order valence-electron chi connectivity index (χ2n) is 3.16. The molecule has 0 bridgehead atoms. The van der Waals surface area contributed by atoms with Gasteiger partial charge in [0.05, 0.1) is 12.4 Å². The van der Waals surface area contributed by atoms with E-state index in [1.54, 1.807) is 0 Å². The number of nitrogens with one attached hydrogen (secondary N) is 1. The van der Waals surface area contributed by atoms with Gasteiger partial charge in [0.15, 0.2) is 0 Å². The molecule has 5 nitrogen and oxygen atoms in total. The summed E-state index contributed by atoms with van der Waals surface area (Å²) in [7, 11) is -3.63. The molecule has 1 rings (SSSR count). The van der Waals surface area contributed by atoms with Gasteiger partial charge in [0, 0.05) is 6.20 Å². The molecule has 1 aromatic heterocycles. The quantitative estimate of drug-likeness (QED) is 0.776. The van der Waals surface area contributed by atoms with Crippen LogP contribution in [0.5, 0.6) is 0 Å². The van der Waals surface area contributed by atoms with Gasteiger partial charge >= 0.3 is 6.18 Å². The molecule has 0 aliphatic heterocycles. The molecular formula is C8H10F3N3O2S. The molecule has 0 aromatic carbocycles. The van der Waals surface area contributed by atoms with Crippen LogP contribution in [0.25, 0.3) is 0 Å². The van der Waals surface area contributed by atoms with Gasteiger partial charge in [0.25, 0.3) is 0 Å². The van der Waals surface area contributed by atoms with Crippen LogP contribution in [-0.2, 0) is 22.0 Å². The molecule has 0 radical (unpaired) electrons. The topological polar surface area (TPSA) is 85.1 Å². The Morgan fingerprint density at radius 2 is 2.00 bits per heavy atom. The third-order valence-electron chi connectivity index (χ3n) is 1.78. The van der Waals surface area contributed by atoms with Crippen LogP contribution in [0, 0.1) is 0 Å². The number of rotatable bonds is 4. The average Bonchev–Trinajstić information content (AvgIpc) is 2.16. The Labute approximate surface area is 95.9 Å². The van der Waals surface area contributed by atoms with E-state index in [0.717, 1.165) is 18.3 Å². The smallest absolute Gasteiger partial charge is 0.318 e. The molecule has 1 aromatic rings. The normalized spacial score (nSPS) is 12.7. The minimum absolute atomic E-state index is 0.152. The summed E-state index contributed by atoms with van der Waals surface area (Å²) in [6, 6.07) is 1.79. The van der Waals surface area contributed by atoms with Crippen LogP contribution in [0.15, 0.2) is 18.3 Å².